The number of fused-ring (bicyclic) bond motifs is 2. The lowest BCUT2D eigenvalue weighted by atomic mass is 9.95. The summed E-state index contributed by atoms with van der Waals surface area (Å²) in [4.78, 5) is 12.6. The molecule has 4 rings (SSSR count). The third kappa shape index (κ3) is 3.25. The summed E-state index contributed by atoms with van der Waals surface area (Å²) in [6.07, 6.45) is 1.53. The minimum atomic E-state index is -0.834. The number of nitrogens with zero attached hydrogens (tertiary/aromatic N) is 4. The number of halogens is 4. The first-order valence-corrected chi connectivity index (χ1v) is 10.0. The van der Waals surface area contributed by atoms with Crippen molar-refractivity contribution < 1.29 is 13.5 Å². The molecule has 0 saturated carbocycles. The topological polar surface area (TPSA) is 41.5 Å². The molecule has 2 aromatic rings. The molecule has 27 heavy (non-hydrogen) atoms. The Kier molecular flexibility index (Phi) is 4.93. The van der Waals surface area contributed by atoms with Gasteiger partial charge in [0.25, 0.3) is 0 Å². The molecule has 5 nitrogen and oxygen atoms in total. The van der Waals surface area contributed by atoms with Gasteiger partial charge < -0.3 is 9.64 Å². The van der Waals surface area contributed by atoms with E-state index in [2.05, 4.69) is 30.8 Å². The van der Waals surface area contributed by atoms with Crippen molar-refractivity contribution in [1.82, 2.24) is 14.9 Å². The third-order valence-electron chi connectivity index (χ3n) is 5.43. The zero-order valence-electron chi connectivity index (χ0n) is 15.1. The molecule has 3 heterocycles. The van der Waals surface area contributed by atoms with E-state index in [-0.39, 0.29) is 22.1 Å². The van der Waals surface area contributed by atoms with Crippen molar-refractivity contribution >= 4 is 44.3 Å². The van der Waals surface area contributed by atoms with Crippen molar-refractivity contribution in [2.75, 3.05) is 38.7 Å². The Morgan fingerprint density at radius 1 is 1.44 bits per heavy atom. The fourth-order valence-electron chi connectivity index (χ4n) is 4.20. The standard InChI is InChI=1S/C18H20BrClF2N4O/c1-25(2)16-13-14(19)11(20)6-12(22)15(13)23-17(24-16)27-9-18-4-3-5-26(18)8-10(21)7-18/h6,10H,3-5,7-9H2,1-2H3/t10-,18+/m1/s1. The van der Waals surface area contributed by atoms with Crippen LogP contribution in [0.3, 0.4) is 0 Å². The lowest BCUT2D eigenvalue weighted by molar-refractivity contribution is 0.107. The Morgan fingerprint density at radius 3 is 2.96 bits per heavy atom. The molecule has 2 aliphatic heterocycles. The molecular formula is C18H20BrClF2N4O. The molecule has 2 saturated heterocycles. The molecule has 0 N–H and O–H groups in total. The number of anilines is 1. The van der Waals surface area contributed by atoms with E-state index in [1.54, 1.807) is 19.0 Å². The average Bonchev–Trinajstić information content (AvgIpc) is 3.13. The Hall–Kier alpha value is -1.25. The second-order valence-electron chi connectivity index (χ2n) is 7.47. The van der Waals surface area contributed by atoms with Crippen LogP contribution in [0.4, 0.5) is 14.6 Å². The highest BCUT2D eigenvalue weighted by Gasteiger charge is 2.49. The molecule has 2 atom stereocenters. The minimum Gasteiger partial charge on any atom is -0.461 e. The van der Waals surface area contributed by atoms with E-state index in [4.69, 9.17) is 16.3 Å². The first kappa shape index (κ1) is 19.1. The van der Waals surface area contributed by atoms with E-state index in [1.807, 2.05) is 0 Å². The molecule has 0 bridgehead atoms. The van der Waals surface area contributed by atoms with Crippen LogP contribution in [-0.2, 0) is 0 Å². The maximum absolute atomic E-state index is 14.5. The highest BCUT2D eigenvalue weighted by atomic mass is 79.9. The number of rotatable bonds is 4. The highest BCUT2D eigenvalue weighted by Crippen LogP contribution is 2.41. The number of hydrogen-bond acceptors (Lipinski definition) is 5. The van der Waals surface area contributed by atoms with Crippen molar-refractivity contribution in [1.29, 1.82) is 0 Å². The van der Waals surface area contributed by atoms with Gasteiger partial charge in [0.15, 0.2) is 5.82 Å². The van der Waals surface area contributed by atoms with Crippen LogP contribution in [0.25, 0.3) is 10.9 Å². The van der Waals surface area contributed by atoms with Crippen molar-refractivity contribution in [3.8, 4) is 6.01 Å². The molecule has 2 aliphatic rings. The van der Waals surface area contributed by atoms with Crippen LogP contribution in [0.15, 0.2) is 10.5 Å². The molecule has 0 aliphatic carbocycles. The summed E-state index contributed by atoms with van der Waals surface area (Å²) in [7, 11) is 3.61. The number of alkyl halides is 1. The summed E-state index contributed by atoms with van der Waals surface area (Å²) in [6.45, 7) is 1.62. The number of benzene rings is 1. The van der Waals surface area contributed by atoms with Crippen molar-refractivity contribution in [3.63, 3.8) is 0 Å². The maximum Gasteiger partial charge on any atom is 0.319 e. The largest absolute Gasteiger partial charge is 0.461 e. The van der Waals surface area contributed by atoms with Gasteiger partial charge in [-0.15, -0.1) is 0 Å². The van der Waals surface area contributed by atoms with Gasteiger partial charge >= 0.3 is 6.01 Å². The zero-order valence-corrected chi connectivity index (χ0v) is 17.4. The summed E-state index contributed by atoms with van der Waals surface area (Å²) in [5.74, 6) is -0.0438. The fourth-order valence-corrected chi connectivity index (χ4v) is 4.87. The van der Waals surface area contributed by atoms with Crippen LogP contribution in [0.2, 0.25) is 5.02 Å². The lowest BCUT2D eigenvalue weighted by Crippen LogP contribution is -2.43. The van der Waals surface area contributed by atoms with E-state index in [0.29, 0.717) is 35.2 Å². The van der Waals surface area contributed by atoms with Crippen LogP contribution in [0.5, 0.6) is 6.01 Å². The predicted molar refractivity (Wildman–Crippen MR) is 105 cm³/mol. The molecule has 1 aromatic heterocycles. The molecule has 0 unspecified atom stereocenters. The van der Waals surface area contributed by atoms with Gasteiger partial charge in [-0.25, -0.2) is 8.78 Å². The lowest BCUT2D eigenvalue weighted by Gasteiger charge is -2.31. The van der Waals surface area contributed by atoms with E-state index in [0.717, 1.165) is 19.4 Å². The van der Waals surface area contributed by atoms with Crippen LogP contribution >= 0.6 is 27.5 Å². The monoisotopic (exact) mass is 460 g/mol. The van der Waals surface area contributed by atoms with Crippen LogP contribution < -0.4 is 9.64 Å². The zero-order chi connectivity index (χ0) is 19.3. The summed E-state index contributed by atoms with van der Waals surface area (Å²) in [5.41, 5.74) is -0.176. The number of hydrogen-bond donors (Lipinski definition) is 0. The molecule has 1 aromatic carbocycles. The van der Waals surface area contributed by atoms with E-state index in [1.165, 1.54) is 6.07 Å². The molecule has 2 fully saturated rings. The quantitative estimate of drug-likeness (QED) is 0.638. The molecule has 0 radical (unpaired) electrons. The van der Waals surface area contributed by atoms with Gasteiger partial charge in [0.2, 0.25) is 0 Å². The molecular weight excluding hydrogens is 442 g/mol. The second-order valence-corrected chi connectivity index (χ2v) is 8.67. The van der Waals surface area contributed by atoms with Crippen molar-refractivity contribution in [2.45, 2.75) is 31.0 Å². The number of ether oxygens (including phenoxy) is 1. The van der Waals surface area contributed by atoms with Gasteiger partial charge in [0.1, 0.15) is 24.1 Å². The maximum atomic E-state index is 14.5. The van der Waals surface area contributed by atoms with Gasteiger partial charge in [-0.2, -0.15) is 9.97 Å². The van der Waals surface area contributed by atoms with E-state index >= 15 is 0 Å². The normalized spacial score (nSPS) is 25.2. The van der Waals surface area contributed by atoms with Gasteiger partial charge in [0, 0.05) is 31.5 Å². The summed E-state index contributed by atoms with van der Waals surface area (Å²) in [6, 6.07) is 1.30. The van der Waals surface area contributed by atoms with Crippen LogP contribution in [0.1, 0.15) is 19.3 Å². The van der Waals surface area contributed by atoms with Crippen molar-refractivity contribution in [2.24, 2.45) is 0 Å². The summed E-state index contributed by atoms with van der Waals surface area (Å²) in [5, 5.41) is 0.739. The smallest absolute Gasteiger partial charge is 0.319 e. The Bertz CT molecular complexity index is 900. The van der Waals surface area contributed by atoms with Crippen LogP contribution in [-0.4, -0.2) is 60.4 Å². The van der Waals surface area contributed by atoms with Crippen LogP contribution in [0, 0.1) is 5.82 Å². The summed E-state index contributed by atoms with van der Waals surface area (Å²) >= 11 is 9.50. The Labute approximate surface area is 169 Å². The van der Waals surface area contributed by atoms with Gasteiger partial charge in [-0.1, -0.05) is 11.6 Å². The van der Waals surface area contributed by atoms with Gasteiger partial charge in [-0.3, -0.25) is 4.90 Å². The fraction of sp³-hybridized carbons (Fsp3) is 0.556. The SMILES string of the molecule is CN(C)c1nc(OC[C@@]23CCCN2C[C@H](F)C3)nc2c(F)cc(Cl)c(Br)c12. The highest BCUT2D eigenvalue weighted by molar-refractivity contribution is 9.10. The van der Waals surface area contributed by atoms with Gasteiger partial charge in [-0.05, 0) is 41.4 Å². The predicted octanol–water partition coefficient (Wildman–Crippen LogP) is 4.21. The third-order valence-corrected chi connectivity index (χ3v) is 6.78. The molecule has 0 amide bonds. The Morgan fingerprint density at radius 2 is 2.22 bits per heavy atom. The van der Waals surface area contributed by atoms with Crippen molar-refractivity contribution in [3.05, 3.63) is 21.4 Å². The second kappa shape index (κ2) is 6.97. The van der Waals surface area contributed by atoms with Gasteiger partial charge in [0.05, 0.1) is 15.9 Å². The first-order valence-electron chi connectivity index (χ1n) is 8.85. The summed E-state index contributed by atoms with van der Waals surface area (Å²) < 4.78 is 34.9. The number of aromatic nitrogens is 2. The molecule has 146 valence electrons. The first-order chi connectivity index (χ1) is 12.8. The van der Waals surface area contributed by atoms with E-state index < -0.39 is 12.0 Å². The Balaban J connectivity index is 1.71. The van der Waals surface area contributed by atoms with E-state index in [9.17, 15) is 8.78 Å². The average molecular weight is 462 g/mol. The minimum absolute atomic E-state index is 0.0860. The molecule has 9 heteroatoms. The molecule has 0 spiro atoms.